The van der Waals surface area contributed by atoms with Crippen LogP contribution in [-0.4, -0.2) is 62.1 Å². The zero-order chi connectivity index (χ0) is 25.2. The standard InChI is InChI=1S/C23H32N8O3S.5H2/c1-3-35(32,33)30-18-9-8-16-12-31(13-17(16)18)19-11-28-21(24)20(29-19)23(26)34-22(25)15-6-4-14(5-7-15)10-27-2;;;;;/h4-7,11,16-18,25-27,30H,3,8-10,12-13H2,1-2H3,(H2,24,28);5*1H/t16?,17-,18?;;;;;/m0...../s1. The third kappa shape index (κ3) is 5.60. The summed E-state index contributed by atoms with van der Waals surface area (Å²) >= 11 is 0. The van der Waals surface area contributed by atoms with Gasteiger partial charge >= 0.3 is 0 Å². The average molecular weight is 511 g/mol. The van der Waals surface area contributed by atoms with Crippen molar-refractivity contribution >= 4 is 33.5 Å². The van der Waals surface area contributed by atoms with Crippen molar-refractivity contribution in [3.05, 3.63) is 47.3 Å². The Hall–Kier alpha value is -3.09. The van der Waals surface area contributed by atoms with Crippen LogP contribution < -0.4 is 20.7 Å². The normalized spacial score (nSPS) is 21.7. The highest BCUT2D eigenvalue weighted by Gasteiger charge is 2.44. The number of ether oxygens (including phenoxy) is 1. The van der Waals surface area contributed by atoms with E-state index in [9.17, 15) is 8.42 Å². The fraction of sp³-hybridized carbons (Fsp3) is 0.478. The maximum absolute atomic E-state index is 12.1. The molecule has 0 radical (unpaired) electrons. The fourth-order valence-electron chi connectivity index (χ4n) is 4.81. The maximum atomic E-state index is 12.1. The number of anilines is 2. The Balaban J connectivity index is 0. The van der Waals surface area contributed by atoms with E-state index in [1.54, 1.807) is 25.3 Å². The van der Waals surface area contributed by atoms with E-state index in [2.05, 4.69) is 24.9 Å². The van der Waals surface area contributed by atoms with E-state index >= 15 is 0 Å². The summed E-state index contributed by atoms with van der Waals surface area (Å²) in [5, 5.41) is 19.7. The molecule has 198 valence electrons. The number of nitrogens with zero attached hydrogens (tertiary/aromatic N) is 3. The smallest absolute Gasteiger partial charge is 0.243 e. The second-order valence-electron chi connectivity index (χ2n) is 8.98. The van der Waals surface area contributed by atoms with Crippen LogP contribution in [-0.2, 0) is 21.3 Å². The highest BCUT2D eigenvalue weighted by atomic mass is 32.2. The topological polar surface area (TPSA) is 170 Å². The van der Waals surface area contributed by atoms with Crippen molar-refractivity contribution in [3.8, 4) is 0 Å². The van der Waals surface area contributed by atoms with Crippen LogP contribution in [0.1, 0.15) is 43.7 Å². The number of fused-ring (bicyclic) bond motifs is 1. The van der Waals surface area contributed by atoms with Gasteiger partial charge in [-0.1, -0.05) is 12.1 Å². The quantitative estimate of drug-likeness (QED) is 0.266. The van der Waals surface area contributed by atoms with Gasteiger partial charge < -0.3 is 20.7 Å². The molecule has 2 fully saturated rings. The first-order valence-corrected chi connectivity index (χ1v) is 13.3. The molecule has 1 aromatic heterocycles. The van der Waals surface area contributed by atoms with Gasteiger partial charge in [0.25, 0.3) is 0 Å². The Labute approximate surface area is 213 Å². The summed E-state index contributed by atoms with van der Waals surface area (Å²) in [5.41, 5.74) is 7.66. The summed E-state index contributed by atoms with van der Waals surface area (Å²) in [6, 6.07) is 7.22. The zero-order valence-electron chi connectivity index (χ0n) is 19.9. The molecule has 6 N–H and O–H groups in total. The van der Waals surface area contributed by atoms with Crippen molar-refractivity contribution < 1.29 is 20.3 Å². The predicted octanol–water partition coefficient (Wildman–Crippen LogP) is 2.53. The molecule has 2 aromatic rings. The maximum Gasteiger partial charge on any atom is 0.243 e. The molecule has 1 aromatic carbocycles. The number of benzene rings is 1. The van der Waals surface area contributed by atoms with E-state index < -0.39 is 10.0 Å². The molecular formula is C23H42N8O3S. The van der Waals surface area contributed by atoms with Gasteiger partial charge in [0.15, 0.2) is 11.5 Å². The number of hydrogen-bond donors (Lipinski definition) is 5. The Bertz CT molecular complexity index is 1220. The lowest BCUT2D eigenvalue weighted by Crippen LogP contribution is -2.40. The molecule has 11 nitrogen and oxygen atoms in total. The third-order valence-corrected chi connectivity index (χ3v) is 8.12. The highest BCUT2D eigenvalue weighted by Crippen LogP contribution is 2.39. The van der Waals surface area contributed by atoms with Crippen molar-refractivity contribution in [1.29, 1.82) is 10.8 Å². The summed E-state index contributed by atoms with van der Waals surface area (Å²) in [6.45, 7) is 3.72. The predicted molar refractivity (Wildman–Crippen MR) is 146 cm³/mol. The van der Waals surface area contributed by atoms with E-state index in [1.807, 2.05) is 19.2 Å². The first kappa shape index (κ1) is 25.0. The van der Waals surface area contributed by atoms with Gasteiger partial charge in [-0.2, -0.15) is 0 Å². The Morgan fingerprint density at radius 3 is 2.66 bits per heavy atom. The van der Waals surface area contributed by atoms with Crippen LogP contribution in [0.3, 0.4) is 0 Å². The molecule has 2 unspecified atom stereocenters. The van der Waals surface area contributed by atoms with Crippen molar-refractivity contribution in [1.82, 2.24) is 20.0 Å². The number of aromatic nitrogens is 2. The molecule has 0 bridgehead atoms. The van der Waals surface area contributed by atoms with Gasteiger partial charge in [-0.25, -0.2) is 23.1 Å². The molecule has 4 rings (SSSR count). The monoisotopic (exact) mass is 510 g/mol. The van der Waals surface area contributed by atoms with E-state index in [1.165, 1.54) is 0 Å². The molecule has 1 saturated carbocycles. The van der Waals surface area contributed by atoms with Crippen LogP contribution in [0.4, 0.5) is 11.6 Å². The molecule has 35 heavy (non-hydrogen) atoms. The fourth-order valence-corrected chi connectivity index (χ4v) is 5.73. The SMILES string of the molecule is CCS(=O)(=O)NC1CCC2CN(c3cnc(N)c(C(=N)OC(=N)c4ccc(CNC)cc4)n3)C[C@@H]21.[HH].[HH].[HH].[HH].[HH]. The van der Waals surface area contributed by atoms with Crippen LogP contribution >= 0.6 is 0 Å². The first-order valence-electron chi connectivity index (χ1n) is 11.7. The van der Waals surface area contributed by atoms with E-state index in [0.29, 0.717) is 30.4 Å². The lowest BCUT2D eigenvalue weighted by molar-refractivity contribution is 0.428. The van der Waals surface area contributed by atoms with Gasteiger partial charge in [0.1, 0.15) is 5.82 Å². The van der Waals surface area contributed by atoms with E-state index in [-0.39, 0.29) is 48.2 Å². The van der Waals surface area contributed by atoms with Crippen LogP contribution in [0, 0.1) is 22.7 Å². The van der Waals surface area contributed by atoms with Crippen LogP contribution in [0.5, 0.6) is 0 Å². The first-order chi connectivity index (χ1) is 16.7. The molecule has 1 aliphatic carbocycles. The lowest BCUT2D eigenvalue weighted by atomic mass is 9.98. The molecule has 1 aliphatic heterocycles. The van der Waals surface area contributed by atoms with Crippen LogP contribution in [0.25, 0.3) is 0 Å². The van der Waals surface area contributed by atoms with Crippen molar-refractivity contribution in [2.24, 2.45) is 11.8 Å². The van der Waals surface area contributed by atoms with E-state index in [0.717, 1.165) is 24.9 Å². The lowest BCUT2D eigenvalue weighted by Gasteiger charge is -2.22. The molecule has 3 atom stereocenters. The van der Waals surface area contributed by atoms with Crippen molar-refractivity contribution in [2.75, 3.05) is 36.5 Å². The summed E-state index contributed by atoms with van der Waals surface area (Å²) in [4.78, 5) is 10.8. The molecule has 2 aliphatic rings. The Morgan fingerprint density at radius 1 is 1.23 bits per heavy atom. The number of hydrogen-bond acceptors (Lipinski definition) is 10. The molecular weight excluding hydrogens is 468 g/mol. The molecule has 1 saturated heterocycles. The summed E-state index contributed by atoms with van der Waals surface area (Å²) in [7, 11) is -1.41. The summed E-state index contributed by atoms with van der Waals surface area (Å²) in [5.74, 6) is 0.676. The minimum atomic E-state index is -3.27. The number of nitrogens with one attached hydrogen (secondary N) is 4. The number of rotatable bonds is 8. The Kier molecular flexibility index (Phi) is 7.33. The van der Waals surface area contributed by atoms with E-state index in [4.69, 9.17) is 21.3 Å². The molecule has 0 spiro atoms. The minimum absolute atomic E-state index is 0. The van der Waals surface area contributed by atoms with Crippen LogP contribution in [0.2, 0.25) is 0 Å². The molecule has 12 heteroatoms. The number of sulfonamides is 1. The minimum Gasteiger partial charge on any atom is -0.419 e. The molecule has 0 amide bonds. The second-order valence-corrected chi connectivity index (χ2v) is 11.0. The van der Waals surface area contributed by atoms with Gasteiger partial charge in [0.2, 0.25) is 21.8 Å². The van der Waals surface area contributed by atoms with Gasteiger partial charge in [-0.3, -0.25) is 10.8 Å². The largest absolute Gasteiger partial charge is 0.419 e. The summed E-state index contributed by atoms with van der Waals surface area (Å²) < 4.78 is 32.4. The van der Waals surface area contributed by atoms with Gasteiger partial charge in [-0.05, 0) is 56.3 Å². The average Bonchev–Trinajstić information content (AvgIpc) is 3.42. The van der Waals surface area contributed by atoms with Gasteiger partial charge in [0.05, 0.1) is 11.9 Å². The summed E-state index contributed by atoms with van der Waals surface area (Å²) in [6.07, 6.45) is 3.33. The number of nitrogens with two attached hydrogens (primary N) is 1. The van der Waals surface area contributed by atoms with Crippen LogP contribution in [0.15, 0.2) is 30.5 Å². The van der Waals surface area contributed by atoms with Crippen molar-refractivity contribution in [3.63, 3.8) is 0 Å². The van der Waals surface area contributed by atoms with Crippen molar-refractivity contribution in [2.45, 2.75) is 32.4 Å². The van der Waals surface area contributed by atoms with Gasteiger partial charge in [0, 0.05) is 38.4 Å². The molecule has 2 heterocycles. The third-order valence-electron chi connectivity index (χ3n) is 6.70. The van der Waals surface area contributed by atoms with Gasteiger partial charge in [-0.15, -0.1) is 0 Å². The number of nitrogen functional groups attached to an aromatic ring is 1. The Morgan fingerprint density at radius 2 is 1.97 bits per heavy atom. The highest BCUT2D eigenvalue weighted by molar-refractivity contribution is 7.89. The second kappa shape index (κ2) is 10.3. The zero-order valence-corrected chi connectivity index (χ0v) is 20.7.